The SMILES string of the molecule is C=C1C(OC(=O)/C=C/c2ccccc2)CC(O)[C@@]2(C)C(OC(C)=O)C(OC(C)=O)C3=C(C)C(OC(C)=O)C[C@@H](C[C@H]12)C3(C)C. The Hall–Kier alpha value is -3.72. The number of benzene rings is 1. The van der Waals surface area contributed by atoms with Crippen LogP contribution in [-0.2, 0) is 38.1 Å². The monoisotopic (exact) mass is 608 g/mol. The normalized spacial score (nSPS) is 33.0. The molecule has 8 atom stereocenters. The lowest BCUT2D eigenvalue weighted by atomic mass is 9.49. The number of aliphatic hydroxyl groups is 1. The zero-order chi connectivity index (χ0) is 32.6. The molecule has 0 spiro atoms. The molecule has 1 aromatic carbocycles. The van der Waals surface area contributed by atoms with Crippen molar-refractivity contribution in [1.29, 1.82) is 0 Å². The van der Waals surface area contributed by atoms with Crippen molar-refractivity contribution in [2.24, 2.45) is 22.7 Å². The molecule has 0 radical (unpaired) electrons. The van der Waals surface area contributed by atoms with Crippen molar-refractivity contribution in [3.8, 4) is 0 Å². The number of hydrogen-bond acceptors (Lipinski definition) is 9. The summed E-state index contributed by atoms with van der Waals surface area (Å²) in [5.41, 5.74) is 1.09. The molecule has 2 bridgehead atoms. The lowest BCUT2D eigenvalue weighted by molar-refractivity contribution is -0.204. The lowest BCUT2D eigenvalue weighted by Crippen LogP contribution is -2.64. The van der Waals surface area contributed by atoms with Gasteiger partial charge < -0.3 is 24.1 Å². The minimum absolute atomic E-state index is 0.0173. The molecule has 1 N–H and O–H groups in total. The molecule has 0 amide bonds. The Morgan fingerprint density at radius 2 is 1.48 bits per heavy atom. The lowest BCUT2D eigenvalue weighted by Gasteiger charge is -2.59. The molecule has 44 heavy (non-hydrogen) atoms. The molecule has 9 nitrogen and oxygen atoms in total. The van der Waals surface area contributed by atoms with Gasteiger partial charge in [-0.1, -0.05) is 57.7 Å². The van der Waals surface area contributed by atoms with E-state index in [0.29, 0.717) is 24.0 Å². The molecule has 0 saturated heterocycles. The van der Waals surface area contributed by atoms with E-state index >= 15 is 0 Å². The maximum Gasteiger partial charge on any atom is 0.331 e. The van der Waals surface area contributed by atoms with Gasteiger partial charge in [0.05, 0.1) is 6.10 Å². The summed E-state index contributed by atoms with van der Waals surface area (Å²) in [6.07, 6.45) is -0.736. The van der Waals surface area contributed by atoms with Crippen molar-refractivity contribution in [1.82, 2.24) is 0 Å². The molecule has 5 unspecified atom stereocenters. The van der Waals surface area contributed by atoms with Gasteiger partial charge in [0.2, 0.25) is 0 Å². The smallest absolute Gasteiger partial charge is 0.331 e. The van der Waals surface area contributed by atoms with Gasteiger partial charge in [-0.2, -0.15) is 0 Å². The molecule has 238 valence electrons. The summed E-state index contributed by atoms with van der Waals surface area (Å²) in [5.74, 6) is -2.86. The van der Waals surface area contributed by atoms with Crippen molar-refractivity contribution in [3.63, 3.8) is 0 Å². The van der Waals surface area contributed by atoms with Gasteiger partial charge in [0.15, 0.2) is 12.2 Å². The third-order valence-corrected chi connectivity index (χ3v) is 9.95. The van der Waals surface area contributed by atoms with Crippen molar-refractivity contribution < 1.29 is 43.2 Å². The zero-order valence-electron chi connectivity index (χ0n) is 26.6. The quantitative estimate of drug-likeness (QED) is 0.203. The highest BCUT2D eigenvalue weighted by Gasteiger charge is 2.63. The van der Waals surface area contributed by atoms with E-state index in [-0.39, 0.29) is 12.3 Å². The molecule has 2 fully saturated rings. The molecule has 1 aromatic rings. The van der Waals surface area contributed by atoms with Crippen LogP contribution in [0.2, 0.25) is 0 Å². The standard InChI is InChI=1S/C35H44O9/c1-19-26-16-25-17-27(41-21(3)36)20(2)31(34(25,6)7)32(42-22(4)37)33(43-23(5)38)35(26,8)29(39)18-28(19)44-30(40)15-14-24-12-10-9-11-13-24/h9-15,25-29,32-33,39H,1,16-18H2,2-8H3/b15-14+/t25-,26-,27?,28?,29?,32?,33?,35+/m1/s1. The van der Waals surface area contributed by atoms with Gasteiger partial charge in [0.25, 0.3) is 0 Å². The van der Waals surface area contributed by atoms with Gasteiger partial charge >= 0.3 is 23.9 Å². The summed E-state index contributed by atoms with van der Waals surface area (Å²) in [5, 5.41) is 11.9. The number of carbonyl (C=O) groups is 4. The van der Waals surface area contributed by atoms with Gasteiger partial charge in [0, 0.05) is 38.7 Å². The van der Waals surface area contributed by atoms with E-state index in [0.717, 1.165) is 11.1 Å². The Balaban J connectivity index is 1.81. The molecule has 2 saturated carbocycles. The van der Waals surface area contributed by atoms with E-state index in [9.17, 15) is 24.3 Å². The minimum atomic E-state index is -1.17. The Morgan fingerprint density at radius 3 is 2.07 bits per heavy atom. The fourth-order valence-electron chi connectivity index (χ4n) is 7.67. The highest BCUT2D eigenvalue weighted by Crippen LogP contribution is 2.60. The maximum absolute atomic E-state index is 12.9. The van der Waals surface area contributed by atoms with Gasteiger partial charge in [0.1, 0.15) is 12.2 Å². The third-order valence-electron chi connectivity index (χ3n) is 9.95. The first-order chi connectivity index (χ1) is 20.6. The van der Waals surface area contributed by atoms with Gasteiger partial charge in [-0.05, 0) is 65.4 Å². The van der Waals surface area contributed by atoms with Crippen LogP contribution in [0.3, 0.4) is 0 Å². The van der Waals surface area contributed by atoms with Crippen LogP contribution in [0.15, 0.2) is 59.7 Å². The number of rotatable bonds is 6. The zero-order valence-corrected chi connectivity index (χ0v) is 26.6. The molecule has 0 aliphatic heterocycles. The predicted octanol–water partition coefficient (Wildman–Crippen LogP) is 5.12. The van der Waals surface area contributed by atoms with E-state index < -0.39 is 71.1 Å². The number of hydrogen-bond donors (Lipinski definition) is 1. The van der Waals surface area contributed by atoms with Gasteiger partial charge in [-0.3, -0.25) is 14.4 Å². The molecular weight excluding hydrogens is 564 g/mol. The first-order valence-corrected chi connectivity index (χ1v) is 15.1. The van der Waals surface area contributed by atoms with E-state index in [2.05, 4.69) is 6.58 Å². The number of fused-ring (bicyclic) bond motifs is 3. The van der Waals surface area contributed by atoms with E-state index in [1.165, 1.54) is 26.8 Å². The van der Waals surface area contributed by atoms with Gasteiger partial charge in [-0.15, -0.1) is 0 Å². The molecule has 9 heteroatoms. The van der Waals surface area contributed by atoms with Crippen molar-refractivity contribution >= 4 is 30.0 Å². The third kappa shape index (κ3) is 6.39. The summed E-state index contributed by atoms with van der Waals surface area (Å²) < 4.78 is 23.6. The Morgan fingerprint density at radius 1 is 0.864 bits per heavy atom. The van der Waals surface area contributed by atoms with Gasteiger partial charge in [-0.25, -0.2) is 4.79 Å². The molecule has 0 aromatic heterocycles. The Labute approximate surface area is 259 Å². The first-order valence-electron chi connectivity index (χ1n) is 15.1. The highest BCUT2D eigenvalue weighted by molar-refractivity contribution is 5.87. The summed E-state index contributed by atoms with van der Waals surface area (Å²) in [7, 11) is 0. The van der Waals surface area contributed by atoms with Crippen LogP contribution in [0.4, 0.5) is 0 Å². The summed E-state index contributed by atoms with van der Waals surface area (Å²) in [6.45, 7) is 16.0. The molecule has 0 heterocycles. The topological polar surface area (TPSA) is 125 Å². The number of aliphatic hydroxyl groups excluding tert-OH is 1. The van der Waals surface area contributed by atoms with Crippen LogP contribution in [0.1, 0.15) is 73.3 Å². The van der Waals surface area contributed by atoms with E-state index in [1.807, 2.05) is 58.0 Å². The fraction of sp³-hybridized carbons (Fsp3) is 0.543. The largest absolute Gasteiger partial charge is 0.458 e. The highest BCUT2D eigenvalue weighted by atomic mass is 16.6. The van der Waals surface area contributed by atoms with Crippen LogP contribution in [0, 0.1) is 22.7 Å². The van der Waals surface area contributed by atoms with Crippen LogP contribution in [-0.4, -0.2) is 59.5 Å². The summed E-state index contributed by atoms with van der Waals surface area (Å²) in [4.78, 5) is 50.3. The second-order valence-corrected chi connectivity index (χ2v) is 13.1. The fourth-order valence-corrected chi connectivity index (χ4v) is 7.67. The van der Waals surface area contributed by atoms with Crippen LogP contribution in [0.25, 0.3) is 6.08 Å². The van der Waals surface area contributed by atoms with Crippen LogP contribution in [0.5, 0.6) is 0 Å². The Kier molecular flexibility index (Phi) is 9.59. The molecule has 4 rings (SSSR count). The number of esters is 4. The van der Waals surface area contributed by atoms with Crippen molar-refractivity contribution in [3.05, 3.63) is 65.3 Å². The number of carbonyl (C=O) groups excluding carboxylic acids is 4. The average molecular weight is 609 g/mol. The summed E-state index contributed by atoms with van der Waals surface area (Å²) >= 11 is 0. The average Bonchev–Trinajstić information content (AvgIpc) is 2.93. The van der Waals surface area contributed by atoms with Crippen LogP contribution >= 0.6 is 0 Å². The summed E-state index contributed by atoms with van der Waals surface area (Å²) in [6, 6.07) is 9.33. The number of ether oxygens (including phenoxy) is 4. The first kappa shape index (κ1) is 33.2. The molecule has 3 aliphatic rings. The van der Waals surface area contributed by atoms with Crippen molar-refractivity contribution in [2.75, 3.05) is 0 Å². The second kappa shape index (κ2) is 12.7. The van der Waals surface area contributed by atoms with Crippen LogP contribution < -0.4 is 0 Å². The maximum atomic E-state index is 12.9. The second-order valence-electron chi connectivity index (χ2n) is 13.1. The van der Waals surface area contributed by atoms with E-state index in [1.54, 1.807) is 6.08 Å². The van der Waals surface area contributed by atoms with Crippen molar-refractivity contribution in [2.45, 2.75) is 98.2 Å². The molecule has 3 aliphatic carbocycles. The Bertz CT molecular complexity index is 1370. The predicted molar refractivity (Wildman–Crippen MR) is 163 cm³/mol. The van der Waals surface area contributed by atoms with E-state index in [4.69, 9.17) is 18.9 Å². The molecular formula is C35H44O9. The minimum Gasteiger partial charge on any atom is -0.458 e.